The SMILES string of the molecule is CCCN1CCC(NC(=NCCCCCOC)NCC)CC1.I. The highest BCUT2D eigenvalue weighted by molar-refractivity contribution is 14.0. The van der Waals surface area contributed by atoms with Gasteiger partial charge < -0.3 is 20.3 Å². The van der Waals surface area contributed by atoms with Crippen molar-refractivity contribution in [3.05, 3.63) is 0 Å². The number of nitrogens with one attached hydrogen (secondary N) is 2. The molecule has 0 bridgehead atoms. The molecule has 0 aromatic carbocycles. The van der Waals surface area contributed by atoms with E-state index >= 15 is 0 Å². The lowest BCUT2D eigenvalue weighted by molar-refractivity contribution is 0.192. The molecule has 0 unspecified atom stereocenters. The third-order valence-corrected chi connectivity index (χ3v) is 4.09. The number of nitrogens with zero attached hydrogens (tertiary/aromatic N) is 2. The average molecular weight is 440 g/mol. The summed E-state index contributed by atoms with van der Waals surface area (Å²) in [6, 6.07) is 0.569. The minimum atomic E-state index is 0. The molecule has 1 aliphatic heterocycles. The molecule has 0 spiro atoms. The van der Waals surface area contributed by atoms with Gasteiger partial charge in [0.1, 0.15) is 0 Å². The van der Waals surface area contributed by atoms with Gasteiger partial charge >= 0.3 is 0 Å². The molecular weight excluding hydrogens is 403 g/mol. The van der Waals surface area contributed by atoms with Crippen molar-refractivity contribution >= 4 is 29.9 Å². The van der Waals surface area contributed by atoms with Gasteiger partial charge in [-0.05, 0) is 52.0 Å². The first kappa shape index (κ1) is 22.9. The number of aliphatic imine (C=N–C) groups is 1. The number of hydrogen-bond donors (Lipinski definition) is 2. The fraction of sp³-hybridized carbons (Fsp3) is 0.941. The topological polar surface area (TPSA) is 48.9 Å². The van der Waals surface area contributed by atoms with Crippen LogP contribution in [0.3, 0.4) is 0 Å². The van der Waals surface area contributed by atoms with Crippen LogP contribution in [0.5, 0.6) is 0 Å². The summed E-state index contributed by atoms with van der Waals surface area (Å²) in [6.45, 7) is 10.7. The van der Waals surface area contributed by atoms with Crippen molar-refractivity contribution < 1.29 is 4.74 Å². The minimum absolute atomic E-state index is 0. The largest absolute Gasteiger partial charge is 0.385 e. The second-order valence-corrected chi connectivity index (χ2v) is 6.07. The molecule has 0 aromatic heterocycles. The van der Waals surface area contributed by atoms with Crippen molar-refractivity contribution in [2.45, 2.75) is 58.4 Å². The first-order valence-electron chi connectivity index (χ1n) is 9.06. The van der Waals surface area contributed by atoms with Crippen LogP contribution in [-0.4, -0.2) is 63.3 Å². The number of halogens is 1. The van der Waals surface area contributed by atoms with Crippen LogP contribution in [0.15, 0.2) is 4.99 Å². The van der Waals surface area contributed by atoms with Gasteiger partial charge in [-0.2, -0.15) is 0 Å². The number of ether oxygens (including phenoxy) is 1. The zero-order valence-corrected chi connectivity index (χ0v) is 17.6. The monoisotopic (exact) mass is 440 g/mol. The van der Waals surface area contributed by atoms with Crippen molar-refractivity contribution in [3.63, 3.8) is 0 Å². The summed E-state index contributed by atoms with van der Waals surface area (Å²) < 4.78 is 5.07. The zero-order chi connectivity index (χ0) is 16.0. The number of rotatable bonds is 10. The van der Waals surface area contributed by atoms with Gasteiger partial charge in [-0.1, -0.05) is 6.92 Å². The summed E-state index contributed by atoms with van der Waals surface area (Å²) in [7, 11) is 1.76. The van der Waals surface area contributed by atoms with Gasteiger partial charge in [-0.3, -0.25) is 4.99 Å². The average Bonchev–Trinajstić information content (AvgIpc) is 2.53. The molecule has 1 heterocycles. The molecule has 1 aliphatic rings. The van der Waals surface area contributed by atoms with E-state index in [1.807, 2.05) is 0 Å². The molecule has 0 saturated carbocycles. The van der Waals surface area contributed by atoms with Gasteiger partial charge in [0.05, 0.1) is 0 Å². The Labute approximate surface area is 160 Å². The van der Waals surface area contributed by atoms with Crippen LogP contribution in [0.25, 0.3) is 0 Å². The lowest BCUT2D eigenvalue weighted by Gasteiger charge is -2.32. The van der Waals surface area contributed by atoms with Crippen LogP contribution in [-0.2, 0) is 4.74 Å². The van der Waals surface area contributed by atoms with E-state index in [1.54, 1.807) is 7.11 Å². The summed E-state index contributed by atoms with van der Waals surface area (Å²) >= 11 is 0. The van der Waals surface area contributed by atoms with Gasteiger partial charge in [0.2, 0.25) is 0 Å². The number of likely N-dealkylation sites (tertiary alicyclic amines) is 1. The Morgan fingerprint density at radius 3 is 2.52 bits per heavy atom. The molecule has 23 heavy (non-hydrogen) atoms. The molecule has 2 N–H and O–H groups in total. The Balaban J connectivity index is 0.00000484. The molecular formula is C17H37IN4O. The van der Waals surface area contributed by atoms with Crippen LogP contribution in [0.4, 0.5) is 0 Å². The van der Waals surface area contributed by atoms with E-state index < -0.39 is 0 Å². The molecule has 1 rings (SSSR count). The fourth-order valence-corrected chi connectivity index (χ4v) is 2.86. The summed E-state index contributed by atoms with van der Waals surface area (Å²) in [5, 5.41) is 6.98. The second-order valence-electron chi connectivity index (χ2n) is 6.07. The normalized spacial score (nSPS) is 16.9. The highest BCUT2D eigenvalue weighted by atomic mass is 127. The number of guanidine groups is 1. The van der Waals surface area contributed by atoms with Crippen LogP contribution in [0.1, 0.15) is 52.4 Å². The lowest BCUT2D eigenvalue weighted by atomic mass is 10.1. The van der Waals surface area contributed by atoms with Crippen LogP contribution in [0, 0.1) is 0 Å². The number of hydrogen-bond acceptors (Lipinski definition) is 3. The van der Waals surface area contributed by atoms with E-state index in [0.717, 1.165) is 38.5 Å². The first-order chi connectivity index (χ1) is 10.8. The highest BCUT2D eigenvalue weighted by Crippen LogP contribution is 2.10. The van der Waals surface area contributed by atoms with Crippen molar-refractivity contribution in [2.75, 3.05) is 46.4 Å². The lowest BCUT2D eigenvalue weighted by Crippen LogP contribution is -2.48. The van der Waals surface area contributed by atoms with Crippen molar-refractivity contribution in [2.24, 2.45) is 4.99 Å². The van der Waals surface area contributed by atoms with Crippen LogP contribution >= 0.6 is 24.0 Å². The standard InChI is InChI=1S/C17H36N4O.HI/c1-4-12-21-13-9-16(10-14-21)20-17(18-5-2)19-11-7-6-8-15-22-3;/h16H,4-15H2,1-3H3,(H2,18,19,20);1H. The van der Waals surface area contributed by atoms with Gasteiger partial charge in [0.25, 0.3) is 0 Å². The predicted octanol–water partition coefficient (Wildman–Crippen LogP) is 2.85. The predicted molar refractivity (Wildman–Crippen MR) is 110 cm³/mol. The Bertz CT molecular complexity index is 294. The summed E-state index contributed by atoms with van der Waals surface area (Å²) in [5.74, 6) is 0.989. The Morgan fingerprint density at radius 2 is 1.91 bits per heavy atom. The third kappa shape index (κ3) is 11.2. The fourth-order valence-electron chi connectivity index (χ4n) is 2.86. The number of methoxy groups -OCH3 is 1. The van der Waals surface area contributed by atoms with Gasteiger partial charge in [0, 0.05) is 45.9 Å². The first-order valence-corrected chi connectivity index (χ1v) is 9.06. The van der Waals surface area contributed by atoms with E-state index in [0.29, 0.717) is 6.04 Å². The quantitative estimate of drug-likeness (QED) is 0.238. The minimum Gasteiger partial charge on any atom is -0.385 e. The molecule has 5 nitrogen and oxygen atoms in total. The number of piperidine rings is 1. The van der Waals surface area contributed by atoms with Gasteiger partial charge in [-0.15, -0.1) is 24.0 Å². The Hall–Kier alpha value is -0.0800. The molecule has 0 amide bonds. The summed E-state index contributed by atoms with van der Waals surface area (Å²) in [4.78, 5) is 7.27. The second kappa shape index (κ2) is 15.4. The maximum absolute atomic E-state index is 5.07. The van der Waals surface area contributed by atoms with Gasteiger partial charge in [0.15, 0.2) is 5.96 Å². The van der Waals surface area contributed by atoms with E-state index in [1.165, 1.54) is 45.3 Å². The third-order valence-electron chi connectivity index (χ3n) is 4.09. The summed E-state index contributed by atoms with van der Waals surface area (Å²) in [6.07, 6.45) is 7.15. The molecule has 0 radical (unpaired) electrons. The maximum Gasteiger partial charge on any atom is 0.191 e. The van der Waals surface area contributed by atoms with Crippen LogP contribution < -0.4 is 10.6 Å². The van der Waals surface area contributed by atoms with Crippen molar-refractivity contribution in [1.29, 1.82) is 0 Å². The van der Waals surface area contributed by atoms with Crippen molar-refractivity contribution in [1.82, 2.24) is 15.5 Å². The Kier molecular flexibility index (Phi) is 15.4. The van der Waals surface area contributed by atoms with E-state index in [2.05, 4.69) is 29.4 Å². The molecule has 1 saturated heterocycles. The molecule has 6 heteroatoms. The van der Waals surface area contributed by atoms with Crippen molar-refractivity contribution in [3.8, 4) is 0 Å². The molecule has 0 atom stereocenters. The highest BCUT2D eigenvalue weighted by Gasteiger charge is 2.19. The van der Waals surface area contributed by atoms with E-state index in [9.17, 15) is 0 Å². The molecule has 0 aliphatic carbocycles. The van der Waals surface area contributed by atoms with Crippen LogP contribution in [0.2, 0.25) is 0 Å². The summed E-state index contributed by atoms with van der Waals surface area (Å²) in [5.41, 5.74) is 0. The number of unbranched alkanes of at least 4 members (excludes halogenated alkanes) is 2. The smallest absolute Gasteiger partial charge is 0.191 e. The molecule has 138 valence electrons. The maximum atomic E-state index is 5.07. The molecule has 0 aromatic rings. The van der Waals surface area contributed by atoms with Gasteiger partial charge in [-0.25, -0.2) is 0 Å². The van der Waals surface area contributed by atoms with E-state index in [-0.39, 0.29) is 24.0 Å². The zero-order valence-electron chi connectivity index (χ0n) is 15.3. The Morgan fingerprint density at radius 1 is 1.17 bits per heavy atom. The molecule has 1 fully saturated rings. The van der Waals surface area contributed by atoms with E-state index in [4.69, 9.17) is 9.73 Å².